The van der Waals surface area contributed by atoms with Gasteiger partial charge in [0.2, 0.25) is 0 Å². The van der Waals surface area contributed by atoms with Crippen LogP contribution in [0.3, 0.4) is 0 Å². The van der Waals surface area contributed by atoms with Crippen molar-refractivity contribution < 1.29 is 9.90 Å². The van der Waals surface area contributed by atoms with E-state index >= 15 is 0 Å². The topological polar surface area (TPSA) is 37.3 Å². The van der Waals surface area contributed by atoms with Crippen LogP contribution in [0, 0.1) is 0 Å². The zero-order valence-electron chi connectivity index (χ0n) is 9.91. The fourth-order valence-corrected chi connectivity index (χ4v) is 1.71. The highest BCUT2D eigenvalue weighted by Gasteiger charge is 2.10. The van der Waals surface area contributed by atoms with Crippen molar-refractivity contribution in [3.05, 3.63) is 77.4 Å². The van der Waals surface area contributed by atoms with E-state index in [9.17, 15) is 9.90 Å². The van der Waals surface area contributed by atoms with Crippen LogP contribution >= 0.6 is 0 Å². The van der Waals surface area contributed by atoms with Gasteiger partial charge in [-0.1, -0.05) is 60.7 Å². The van der Waals surface area contributed by atoms with Crippen LogP contribution in [-0.4, -0.2) is 17.5 Å². The predicted octanol–water partition coefficient (Wildman–Crippen LogP) is 2.95. The number of ketones is 1. The smallest absolute Gasteiger partial charge is 0.191 e. The summed E-state index contributed by atoms with van der Waals surface area (Å²) in [5, 5.41) is 9.33. The molecule has 90 valence electrons. The Morgan fingerprint density at radius 2 is 1.50 bits per heavy atom. The van der Waals surface area contributed by atoms with E-state index in [0.717, 1.165) is 5.56 Å². The lowest BCUT2D eigenvalue weighted by molar-refractivity contribution is 0.102. The monoisotopic (exact) mass is 238 g/mol. The summed E-state index contributed by atoms with van der Waals surface area (Å²) < 4.78 is 0. The number of benzene rings is 2. The molecule has 0 radical (unpaired) electrons. The molecule has 0 fully saturated rings. The molecule has 0 saturated carbocycles. The van der Waals surface area contributed by atoms with Gasteiger partial charge in [0.1, 0.15) is 0 Å². The molecular formula is C16H14O2. The molecule has 2 aromatic rings. The van der Waals surface area contributed by atoms with E-state index in [1.807, 2.05) is 48.5 Å². The van der Waals surface area contributed by atoms with E-state index in [1.54, 1.807) is 18.2 Å². The maximum atomic E-state index is 12.2. The quantitative estimate of drug-likeness (QED) is 0.656. The zero-order chi connectivity index (χ0) is 12.8. The summed E-state index contributed by atoms with van der Waals surface area (Å²) in [7, 11) is 0. The Kier molecular flexibility index (Phi) is 4.05. The van der Waals surface area contributed by atoms with Gasteiger partial charge in [-0.15, -0.1) is 0 Å². The normalized spacial score (nSPS) is 11.3. The molecule has 0 atom stereocenters. The van der Waals surface area contributed by atoms with E-state index in [2.05, 4.69) is 0 Å². The minimum atomic E-state index is -0.261. The molecule has 2 nitrogen and oxygen atoms in total. The Hall–Kier alpha value is -2.19. The van der Waals surface area contributed by atoms with Crippen molar-refractivity contribution in [3.63, 3.8) is 0 Å². The molecule has 1 N–H and O–H groups in total. The van der Waals surface area contributed by atoms with Crippen molar-refractivity contribution >= 4 is 11.9 Å². The van der Waals surface area contributed by atoms with Crippen LogP contribution in [0.2, 0.25) is 0 Å². The van der Waals surface area contributed by atoms with E-state index in [1.165, 1.54) is 0 Å². The van der Waals surface area contributed by atoms with Crippen molar-refractivity contribution in [2.45, 2.75) is 0 Å². The van der Waals surface area contributed by atoms with Gasteiger partial charge in [-0.2, -0.15) is 0 Å². The molecule has 0 aromatic heterocycles. The average Bonchev–Trinajstić information content (AvgIpc) is 2.46. The van der Waals surface area contributed by atoms with Gasteiger partial charge in [0, 0.05) is 11.1 Å². The molecular weight excluding hydrogens is 224 g/mol. The molecule has 0 bridgehead atoms. The Labute approximate surface area is 106 Å². The molecule has 2 rings (SSSR count). The summed E-state index contributed by atoms with van der Waals surface area (Å²) in [5.74, 6) is -0.137. The van der Waals surface area contributed by atoms with Crippen LogP contribution in [0.1, 0.15) is 15.9 Å². The van der Waals surface area contributed by atoms with Crippen molar-refractivity contribution in [1.82, 2.24) is 0 Å². The highest BCUT2D eigenvalue weighted by atomic mass is 16.3. The molecule has 0 amide bonds. The van der Waals surface area contributed by atoms with E-state index in [4.69, 9.17) is 0 Å². The summed E-state index contributed by atoms with van der Waals surface area (Å²) in [6, 6.07) is 18.5. The van der Waals surface area contributed by atoms with Gasteiger partial charge in [0.25, 0.3) is 0 Å². The molecule has 0 aliphatic rings. The molecule has 0 unspecified atom stereocenters. The largest absolute Gasteiger partial charge is 0.392 e. The zero-order valence-corrected chi connectivity index (χ0v) is 9.91. The molecule has 0 aliphatic carbocycles. The Morgan fingerprint density at radius 3 is 2.06 bits per heavy atom. The van der Waals surface area contributed by atoms with Gasteiger partial charge < -0.3 is 5.11 Å². The molecule has 0 heterocycles. The van der Waals surface area contributed by atoms with Crippen LogP contribution in [0.15, 0.2) is 66.2 Å². The van der Waals surface area contributed by atoms with Gasteiger partial charge in [0.05, 0.1) is 6.61 Å². The van der Waals surface area contributed by atoms with Crippen LogP contribution < -0.4 is 0 Å². The third kappa shape index (κ3) is 2.93. The van der Waals surface area contributed by atoms with Gasteiger partial charge in [-0.05, 0) is 11.6 Å². The maximum Gasteiger partial charge on any atom is 0.191 e. The summed E-state index contributed by atoms with van der Waals surface area (Å²) in [5.41, 5.74) is 1.90. The lowest BCUT2D eigenvalue weighted by atomic mass is 10.0. The first-order valence-corrected chi connectivity index (χ1v) is 5.77. The van der Waals surface area contributed by atoms with Crippen LogP contribution in [-0.2, 0) is 0 Å². The standard InChI is InChI=1S/C16H14O2/c17-12-15(11-13-7-3-1-4-8-13)16(18)14-9-5-2-6-10-14/h1-11,17H,12H2. The minimum absolute atomic E-state index is 0.137. The van der Waals surface area contributed by atoms with Crippen LogP contribution in [0.4, 0.5) is 0 Å². The Morgan fingerprint density at radius 1 is 0.944 bits per heavy atom. The van der Waals surface area contributed by atoms with Gasteiger partial charge >= 0.3 is 0 Å². The molecule has 2 heteroatoms. The van der Waals surface area contributed by atoms with Crippen molar-refractivity contribution in [1.29, 1.82) is 0 Å². The first kappa shape index (κ1) is 12.3. The third-order valence-electron chi connectivity index (χ3n) is 2.64. The number of rotatable bonds is 4. The number of carbonyl (C=O) groups excluding carboxylic acids is 1. The fraction of sp³-hybridized carbons (Fsp3) is 0.0625. The Bertz CT molecular complexity index is 542. The summed E-state index contributed by atoms with van der Waals surface area (Å²) in [6.07, 6.45) is 1.72. The summed E-state index contributed by atoms with van der Waals surface area (Å²) in [6.45, 7) is -0.261. The number of hydrogen-bond acceptors (Lipinski definition) is 2. The van der Waals surface area contributed by atoms with Crippen molar-refractivity contribution in [3.8, 4) is 0 Å². The first-order valence-electron chi connectivity index (χ1n) is 5.77. The van der Waals surface area contributed by atoms with Crippen molar-refractivity contribution in [2.24, 2.45) is 0 Å². The number of aliphatic hydroxyl groups is 1. The number of aliphatic hydroxyl groups excluding tert-OH is 1. The average molecular weight is 238 g/mol. The first-order chi connectivity index (χ1) is 8.81. The SMILES string of the molecule is O=C(C(=Cc1ccccc1)CO)c1ccccc1. The lowest BCUT2D eigenvalue weighted by Gasteiger charge is -2.03. The fourth-order valence-electron chi connectivity index (χ4n) is 1.71. The second kappa shape index (κ2) is 5.94. The molecule has 0 saturated heterocycles. The molecule has 2 aromatic carbocycles. The van der Waals surface area contributed by atoms with Crippen LogP contribution in [0.25, 0.3) is 6.08 Å². The molecule has 18 heavy (non-hydrogen) atoms. The lowest BCUT2D eigenvalue weighted by Crippen LogP contribution is -2.06. The second-order valence-corrected chi connectivity index (χ2v) is 3.93. The number of Topliss-reactive ketones (excluding diaryl/α,β-unsaturated/α-hetero) is 1. The Balaban J connectivity index is 2.30. The number of hydrogen-bond donors (Lipinski definition) is 1. The maximum absolute atomic E-state index is 12.2. The summed E-state index contributed by atoms with van der Waals surface area (Å²) >= 11 is 0. The second-order valence-electron chi connectivity index (χ2n) is 3.93. The van der Waals surface area contributed by atoms with E-state index < -0.39 is 0 Å². The van der Waals surface area contributed by atoms with Gasteiger partial charge in [-0.25, -0.2) is 0 Å². The molecule has 0 aliphatic heterocycles. The predicted molar refractivity (Wildman–Crippen MR) is 72.3 cm³/mol. The van der Waals surface area contributed by atoms with Gasteiger partial charge in [0.15, 0.2) is 5.78 Å². The minimum Gasteiger partial charge on any atom is -0.392 e. The van der Waals surface area contributed by atoms with E-state index in [-0.39, 0.29) is 12.4 Å². The van der Waals surface area contributed by atoms with Crippen molar-refractivity contribution in [2.75, 3.05) is 6.61 Å². The summed E-state index contributed by atoms with van der Waals surface area (Å²) in [4.78, 5) is 12.2. The third-order valence-corrected chi connectivity index (χ3v) is 2.64. The highest BCUT2D eigenvalue weighted by molar-refractivity contribution is 6.11. The van der Waals surface area contributed by atoms with Gasteiger partial charge in [-0.3, -0.25) is 4.79 Å². The van der Waals surface area contributed by atoms with E-state index in [0.29, 0.717) is 11.1 Å². The molecule has 0 spiro atoms. The number of carbonyl (C=O) groups is 1. The van der Waals surface area contributed by atoms with Crippen LogP contribution in [0.5, 0.6) is 0 Å². The highest BCUT2D eigenvalue weighted by Crippen LogP contribution is 2.12.